The first kappa shape index (κ1) is 22.3. The lowest BCUT2D eigenvalue weighted by molar-refractivity contribution is -0.158. The van der Waals surface area contributed by atoms with E-state index in [0.717, 1.165) is 5.56 Å². The van der Waals surface area contributed by atoms with E-state index in [-0.39, 0.29) is 18.5 Å². The molecule has 0 aliphatic carbocycles. The van der Waals surface area contributed by atoms with Gasteiger partial charge in [-0.3, -0.25) is 4.99 Å². The number of esters is 1. The first-order valence-electron chi connectivity index (χ1n) is 8.84. The highest BCUT2D eigenvalue weighted by Gasteiger charge is 2.31. The molecule has 0 saturated heterocycles. The van der Waals surface area contributed by atoms with Crippen molar-refractivity contribution in [3.8, 4) is 0 Å². The van der Waals surface area contributed by atoms with Gasteiger partial charge < -0.3 is 26.3 Å². The molecule has 8 heteroatoms. The number of nitrogens with zero attached hydrogens (tertiary/aromatic N) is 1. The van der Waals surface area contributed by atoms with Gasteiger partial charge in [-0.05, 0) is 38.7 Å². The molecule has 0 fully saturated rings. The Morgan fingerprint density at radius 2 is 1.81 bits per heavy atom. The van der Waals surface area contributed by atoms with Crippen molar-refractivity contribution in [3.05, 3.63) is 35.9 Å². The number of guanidine groups is 1. The number of nitrogens with one attached hydrogen (secondary N) is 1. The normalized spacial score (nSPS) is 13.2. The van der Waals surface area contributed by atoms with Gasteiger partial charge in [0, 0.05) is 6.54 Å². The molecule has 5 N–H and O–H groups in total. The number of rotatable bonds is 8. The fourth-order valence-electron chi connectivity index (χ4n) is 2.25. The van der Waals surface area contributed by atoms with Crippen LogP contribution < -0.4 is 16.8 Å². The molecule has 0 aromatic heterocycles. The largest absolute Gasteiger partial charge is 0.458 e. The van der Waals surface area contributed by atoms with Crippen molar-refractivity contribution < 1.29 is 19.1 Å². The van der Waals surface area contributed by atoms with Crippen molar-refractivity contribution in [1.82, 2.24) is 5.32 Å². The molecule has 0 radical (unpaired) electrons. The van der Waals surface area contributed by atoms with Crippen LogP contribution in [0.1, 0.15) is 39.7 Å². The van der Waals surface area contributed by atoms with E-state index in [9.17, 15) is 9.59 Å². The number of ether oxygens (including phenoxy) is 2. The first-order chi connectivity index (χ1) is 12.6. The molecule has 2 atom stereocenters. The highest BCUT2D eigenvalue weighted by molar-refractivity contribution is 5.82. The monoisotopic (exact) mass is 378 g/mol. The fraction of sp³-hybridized carbons (Fsp3) is 0.526. The Morgan fingerprint density at radius 3 is 2.37 bits per heavy atom. The predicted molar refractivity (Wildman–Crippen MR) is 104 cm³/mol. The molecule has 1 aromatic rings. The summed E-state index contributed by atoms with van der Waals surface area (Å²) in [6.07, 6.45) is -0.204. The molecule has 0 unspecified atom stereocenters. The van der Waals surface area contributed by atoms with Gasteiger partial charge in [0.15, 0.2) is 5.96 Å². The highest BCUT2D eigenvalue weighted by atomic mass is 16.6. The minimum Gasteiger partial charge on any atom is -0.458 e. The minimum absolute atomic E-state index is 0.0220. The molecule has 0 heterocycles. The molecular weight excluding hydrogens is 348 g/mol. The molecule has 0 spiro atoms. The van der Waals surface area contributed by atoms with Gasteiger partial charge in [0.05, 0.1) is 0 Å². The molecule has 27 heavy (non-hydrogen) atoms. The van der Waals surface area contributed by atoms with E-state index in [0.29, 0.717) is 13.0 Å². The standard InChI is InChI=1S/C19H30N4O4/c1-13(10-11-22-17(20)21)15(16(24)27-19(2,3)4)23-18(25)26-12-14-8-6-5-7-9-14/h5-9,13,15H,10-12H2,1-4H3,(H,23,25)(H4,20,21,22)/t13-,15+/m1/s1. The lowest BCUT2D eigenvalue weighted by Crippen LogP contribution is -2.48. The molecule has 0 saturated carbocycles. The van der Waals surface area contributed by atoms with Gasteiger partial charge in [0.25, 0.3) is 0 Å². The summed E-state index contributed by atoms with van der Waals surface area (Å²) in [5.74, 6) is -0.810. The summed E-state index contributed by atoms with van der Waals surface area (Å²) < 4.78 is 10.6. The smallest absolute Gasteiger partial charge is 0.408 e. The lowest BCUT2D eigenvalue weighted by atomic mass is 9.98. The van der Waals surface area contributed by atoms with Crippen LogP contribution in [0.2, 0.25) is 0 Å². The Kier molecular flexibility index (Phi) is 8.58. The Bertz CT molecular complexity index is 637. The fourth-order valence-corrected chi connectivity index (χ4v) is 2.25. The van der Waals surface area contributed by atoms with E-state index in [4.69, 9.17) is 20.9 Å². The molecule has 0 aliphatic heterocycles. The summed E-state index contributed by atoms with van der Waals surface area (Å²) >= 11 is 0. The zero-order chi connectivity index (χ0) is 20.4. The molecular formula is C19H30N4O4. The van der Waals surface area contributed by atoms with Crippen LogP contribution >= 0.6 is 0 Å². The van der Waals surface area contributed by atoms with E-state index in [1.54, 1.807) is 20.8 Å². The summed E-state index contributed by atoms with van der Waals surface area (Å²) in [5, 5.41) is 2.60. The van der Waals surface area contributed by atoms with Crippen molar-refractivity contribution in [2.75, 3.05) is 6.54 Å². The molecule has 1 amide bonds. The second-order valence-electron chi connectivity index (χ2n) is 7.29. The highest BCUT2D eigenvalue weighted by Crippen LogP contribution is 2.15. The third kappa shape index (κ3) is 9.48. The van der Waals surface area contributed by atoms with Crippen LogP contribution in [0.15, 0.2) is 35.3 Å². The molecule has 1 rings (SSSR count). The van der Waals surface area contributed by atoms with Gasteiger partial charge >= 0.3 is 12.1 Å². The summed E-state index contributed by atoms with van der Waals surface area (Å²) in [7, 11) is 0. The van der Waals surface area contributed by atoms with Crippen LogP contribution in [-0.2, 0) is 20.9 Å². The van der Waals surface area contributed by atoms with Crippen molar-refractivity contribution in [2.45, 2.75) is 52.4 Å². The number of amides is 1. The Morgan fingerprint density at radius 1 is 1.19 bits per heavy atom. The SMILES string of the molecule is C[C@H](CCN=C(N)N)[C@H](NC(=O)OCc1ccccc1)C(=O)OC(C)(C)C. The Hall–Kier alpha value is -2.77. The number of nitrogens with two attached hydrogens (primary N) is 2. The maximum absolute atomic E-state index is 12.5. The lowest BCUT2D eigenvalue weighted by Gasteiger charge is -2.27. The van der Waals surface area contributed by atoms with Crippen LogP contribution in [0.5, 0.6) is 0 Å². The third-order valence-corrected chi connectivity index (χ3v) is 3.59. The van der Waals surface area contributed by atoms with Crippen LogP contribution in [0, 0.1) is 5.92 Å². The second-order valence-corrected chi connectivity index (χ2v) is 7.29. The maximum Gasteiger partial charge on any atom is 0.408 e. The third-order valence-electron chi connectivity index (χ3n) is 3.59. The average Bonchev–Trinajstić information content (AvgIpc) is 2.56. The molecule has 150 valence electrons. The van der Waals surface area contributed by atoms with E-state index in [2.05, 4.69) is 10.3 Å². The summed E-state index contributed by atoms with van der Waals surface area (Å²) in [6.45, 7) is 7.55. The van der Waals surface area contributed by atoms with Gasteiger partial charge in [0.1, 0.15) is 18.2 Å². The van der Waals surface area contributed by atoms with E-state index >= 15 is 0 Å². The number of hydrogen-bond donors (Lipinski definition) is 3. The van der Waals surface area contributed by atoms with Crippen LogP contribution in [0.4, 0.5) is 4.79 Å². The van der Waals surface area contributed by atoms with E-state index in [1.165, 1.54) is 0 Å². The predicted octanol–water partition coefficient (Wildman–Crippen LogP) is 1.92. The molecule has 8 nitrogen and oxygen atoms in total. The first-order valence-corrected chi connectivity index (χ1v) is 8.84. The topological polar surface area (TPSA) is 129 Å². The molecule has 0 aliphatic rings. The van der Waals surface area contributed by atoms with Gasteiger partial charge in [-0.15, -0.1) is 0 Å². The Balaban J connectivity index is 2.72. The number of hydrogen-bond acceptors (Lipinski definition) is 5. The second kappa shape index (κ2) is 10.4. The van der Waals surface area contributed by atoms with Crippen molar-refractivity contribution in [1.29, 1.82) is 0 Å². The molecule has 1 aromatic carbocycles. The van der Waals surface area contributed by atoms with E-state index < -0.39 is 23.7 Å². The van der Waals surface area contributed by atoms with Gasteiger partial charge in [-0.25, -0.2) is 9.59 Å². The van der Waals surface area contributed by atoms with Crippen LogP contribution in [-0.4, -0.2) is 36.2 Å². The Labute approximate surface area is 160 Å². The number of aliphatic imine (C=N–C) groups is 1. The zero-order valence-electron chi connectivity index (χ0n) is 16.4. The number of carbonyl (C=O) groups excluding carboxylic acids is 2. The van der Waals surface area contributed by atoms with Crippen LogP contribution in [0.25, 0.3) is 0 Å². The van der Waals surface area contributed by atoms with Crippen LogP contribution in [0.3, 0.4) is 0 Å². The zero-order valence-corrected chi connectivity index (χ0v) is 16.4. The van der Waals surface area contributed by atoms with E-state index in [1.807, 2.05) is 37.3 Å². The van der Waals surface area contributed by atoms with Gasteiger partial charge in [-0.2, -0.15) is 0 Å². The van der Waals surface area contributed by atoms with Gasteiger partial charge in [-0.1, -0.05) is 37.3 Å². The summed E-state index contributed by atoms with van der Waals surface area (Å²) in [5.41, 5.74) is 10.8. The number of carbonyl (C=O) groups is 2. The summed E-state index contributed by atoms with van der Waals surface area (Å²) in [4.78, 5) is 28.6. The summed E-state index contributed by atoms with van der Waals surface area (Å²) in [6, 6.07) is 8.40. The molecule has 0 bridgehead atoms. The average molecular weight is 378 g/mol. The maximum atomic E-state index is 12.5. The quantitative estimate of drug-likeness (QED) is 0.360. The van der Waals surface area contributed by atoms with Crippen molar-refractivity contribution in [2.24, 2.45) is 22.4 Å². The number of benzene rings is 1. The minimum atomic E-state index is -0.873. The van der Waals surface area contributed by atoms with Crippen molar-refractivity contribution in [3.63, 3.8) is 0 Å². The van der Waals surface area contributed by atoms with Crippen molar-refractivity contribution >= 4 is 18.0 Å². The number of alkyl carbamates (subject to hydrolysis) is 1. The van der Waals surface area contributed by atoms with Gasteiger partial charge in [0.2, 0.25) is 0 Å².